The van der Waals surface area contributed by atoms with Crippen LogP contribution in [0, 0.1) is 0 Å². The van der Waals surface area contributed by atoms with Gasteiger partial charge in [0.25, 0.3) is 0 Å². The Morgan fingerprint density at radius 1 is 0.577 bits per heavy atom. The summed E-state index contributed by atoms with van der Waals surface area (Å²) in [5.74, 6) is 0. The minimum absolute atomic E-state index is 1.08. The van der Waals surface area contributed by atoms with Crippen molar-refractivity contribution in [3.8, 4) is 0 Å². The zero-order valence-electron chi connectivity index (χ0n) is 14.4. The van der Waals surface area contributed by atoms with Crippen molar-refractivity contribution in [1.29, 1.82) is 0 Å². The Hall–Kier alpha value is -3.39. The number of fused-ring (bicyclic) bond motifs is 11. The van der Waals surface area contributed by atoms with Crippen LogP contribution >= 0.6 is 0 Å². The third-order valence-electron chi connectivity index (χ3n) is 5.49. The van der Waals surface area contributed by atoms with Gasteiger partial charge in [0.2, 0.25) is 0 Å². The number of aryl methyl sites for hydroxylation is 1. The third kappa shape index (κ3) is 1.64. The number of nitrogens with zero attached hydrogens (tertiary/aromatic N) is 2. The number of hydrogen-bond donors (Lipinski definition) is 0. The molecule has 0 aliphatic rings. The Morgan fingerprint density at radius 3 is 1.81 bits per heavy atom. The molecule has 0 radical (unpaired) electrons. The first kappa shape index (κ1) is 13.9. The van der Waals surface area contributed by atoms with Crippen LogP contribution in [0.5, 0.6) is 0 Å². The molecule has 0 amide bonds. The van der Waals surface area contributed by atoms with Crippen molar-refractivity contribution in [3.63, 3.8) is 0 Å². The minimum atomic E-state index is 1.08. The van der Waals surface area contributed by atoms with Gasteiger partial charge in [-0.3, -0.25) is 4.98 Å². The first-order chi connectivity index (χ1) is 12.8. The fourth-order valence-electron chi connectivity index (χ4n) is 4.49. The largest absolute Gasteiger partial charge is 0.356 e. The standard InChI is InChI=1S/C24H16N2/c1-26-13-20-21(14-26)24-19(11-6-12-25-24)22-17-9-4-2-7-15(17)16-8-3-5-10-18(16)23(20)22/h2-14H,1H3. The predicted molar refractivity (Wildman–Crippen MR) is 111 cm³/mol. The first-order valence-electron chi connectivity index (χ1n) is 8.88. The fourth-order valence-corrected chi connectivity index (χ4v) is 4.49. The van der Waals surface area contributed by atoms with E-state index in [4.69, 9.17) is 4.98 Å². The average molecular weight is 332 g/mol. The molecule has 0 N–H and O–H groups in total. The maximum Gasteiger partial charge on any atom is 0.0802 e. The lowest BCUT2D eigenvalue weighted by atomic mass is 9.90. The van der Waals surface area contributed by atoms with Crippen molar-refractivity contribution in [2.75, 3.05) is 0 Å². The molecule has 0 saturated heterocycles. The lowest BCUT2D eigenvalue weighted by molar-refractivity contribution is 0.934. The molecule has 2 heteroatoms. The van der Waals surface area contributed by atoms with Crippen molar-refractivity contribution in [3.05, 3.63) is 79.3 Å². The summed E-state index contributed by atoms with van der Waals surface area (Å²) < 4.78 is 2.14. The number of rotatable bonds is 0. The van der Waals surface area contributed by atoms with Gasteiger partial charge in [-0.25, -0.2) is 0 Å². The van der Waals surface area contributed by atoms with E-state index in [1.54, 1.807) is 0 Å². The number of hydrogen-bond acceptors (Lipinski definition) is 1. The molecule has 0 aliphatic heterocycles. The smallest absolute Gasteiger partial charge is 0.0802 e. The maximum absolute atomic E-state index is 4.75. The molecule has 6 rings (SSSR count). The normalized spacial score (nSPS) is 12.0. The molecule has 2 aromatic heterocycles. The van der Waals surface area contributed by atoms with Gasteiger partial charge >= 0.3 is 0 Å². The highest BCUT2D eigenvalue weighted by Crippen LogP contribution is 2.43. The molecular formula is C24H16N2. The van der Waals surface area contributed by atoms with Crippen LogP contribution in [0.4, 0.5) is 0 Å². The average Bonchev–Trinajstić information content (AvgIpc) is 3.09. The van der Waals surface area contributed by atoms with Crippen molar-refractivity contribution in [2.24, 2.45) is 7.05 Å². The molecule has 26 heavy (non-hydrogen) atoms. The molecular weight excluding hydrogens is 316 g/mol. The van der Waals surface area contributed by atoms with Gasteiger partial charge in [0, 0.05) is 52.6 Å². The van der Waals surface area contributed by atoms with Crippen LogP contribution in [0.15, 0.2) is 79.3 Å². The second-order valence-corrected chi connectivity index (χ2v) is 6.99. The Kier molecular flexibility index (Phi) is 2.57. The highest BCUT2D eigenvalue weighted by atomic mass is 14.9. The first-order valence-corrected chi connectivity index (χ1v) is 8.88. The zero-order valence-corrected chi connectivity index (χ0v) is 14.4. The molecule has 0 saturated carbocycles. The zero-order chi connectivity index (χ0) is 17.3. The summed E-state index contributed by atoms with van der Waals surface area (Å²) in [4.78, 5) is 4.75. The highest BCUT2D eigenvalue weighted by molar-refractivity contribution is 6.38. The molecule has 2 heterocycles. The van der Waals surface area contributed by atoms with Crippen LogP contribution in [0.2, 0.25) is 0 Å². The van der Waals surface area contributed by atoms with E-state index in [9.17, 15) is 0 Å². The van der Waals surface area contributed by atoms with E-state index in [2.05, 4.69) is 78.6 Å². The van der Waals surface area contributed by atoms with Crippen molar-refractivity contribution in [2.45, 2.75) is 0 Å². The van der Waals surface area contributed by atoms with E-state index in [0.717, 1.165) is 5.52 Å². The summed E-state index contributed by atoms with van der Waals surface area (Å²) in [6.45, 7) is 0. The topological polar surface area (TPSA) is 17.8 Å². The monoisotopic (exact) mass is 332 g/mol. The van der Waals surface area contributed by atoms with Gasteiger partial charge in [-0.05, 0) is 27.6 Å². The molecule has 0 aliphatic carbocycles. The predicted octanol–water partition coefficient (Wildman–Crippen LogP) is 6.19. The van der Waals surface area contributed by atoms with E-state index in [-0.39, 0.29) is 0 Å². The summed E-state index contributed by atoms with van der Waals surface area (Å²) in [7, 11) is 2.09. The van der Waals surface area contributed by atoms with Crippen molar-refractivity contribution < 1.29 is 0 Å². The SMILES string of the molecule is Cn1cc2c(c1)c1c3ccccc3c3ccccc3c1c1cccnc21. The van der Waals surface area contributed by atoms with Gasteiger partial charge < -0.3 is 4.57 Å². The number of benzene rings is 4. The third-order valence-corrected chi connectivity index (χ3v) is 5.49. The van der Waals surface area contributed by atoms with Gasteiger partial charge in [-0.2, -0.15) is 0 Å². The Bertz CT molecular complexity index is 1480. The lowest BCUT2D eigenvalue weighted by Gasteiger charge is -2.13. The van der Waals surface area contributed by atoms with E-state index in [0.29, 0.717) is 0 Å². The van der Waals surface area contributed by atoms with E-state index < -0.39 is 0 Å². The second kappa shape index (κ2) is 4.83. The molecule has 0 atom stereocenters. The van der Waals surface area contributed by atoms with E-state index >= 15 is 0 Å². The van der Waals surface area contributed by atoms with Gasteiger partial charge in [0.15, 0.2) is 0 Å². The summed E-state index contributed by atoms with van der Waals surface area (Å²) in [5.41, 5.74) is 1.08. The molecule has 0 spiro atoms. The van der Waals surface area contributed by atoms with Crippen LogP contribution < -0.4 is 0 Å². The van der Waals surface area contributed by atoms with Crippen LogP contribution in [-0.4, -0.2) is 9.55 Å². The number of pyridine rings is 1. The Morgan fingerprint density at radius 2 is 1.12 bits per heavy atom. The van der Waals surface area contributed by atoms with Crippen LogP contribution in [0.25, 0.3) is 54.0 Å². The fraction of sp³-hybridized carbons (Fsp3) is 0.0417. The molecule has 0 bridgehead atoms. The van der Waals surface area contributed by atoms with Crippen molar-refractivity contribution >= 4 is 54.0 Å². The van der Waals surface area contributed by atoms with Crippen LogP contribution in [-0.2, 0) is 7.05 Å². The summed E-state index contributed by atoms with van der Waals surface area (Å²) in [6.07, 6.45) is 6.31. The number of aromatic nitrogens is 2. The minimum Gasteiger partial charge on any atom is -0.356 e. The maximum atomic E-state index is 4.75. The second-order valence-electron chi connectivity index (χ2n) is 6.99. The molecule has 4 aromatic carbocycles. The molecule has 6 aromatic rings. The summed E-state index contributed by atoms with van der Waals surface area (Å²) in [6, 6.07) is 21.7. The van der Waals surface area contributed by atoms with E-state index in [1.807, 2.05) is 12.3 Å². The highest BCUT2D eigenvalue weighted by Gasteiger charge is 2.16. The van der Waals surface area contributed by atoms with Crippen LogP contribution in [0.3, 0.4) is 0 Å². The van der Waals surface area contributed by atoms with E-state index in [1.165, 1.54) is 48.5 Å². The molecule has 2 nitrogen and oxygen atoms in total. The molecule has 122 valence electrons. The lowest BCUT2D eigenvalue weighted by Crippen LogP contribution is -1.87. The molecule has 0 fully saturated rings. The quantitative estimate of drug-likeness (QED) is 0.303. The van der Waals surface area contributed by atoms with Gasteiger partial charge in [0.05, 0.1) is 5.52 Å². The van der Waals surface area contributed by atoms with Gasteiger partial charge in [0.1, 0.15) is 0 Å². The molecule has 0 unspecified atom stereocenters. The van der Waals surface area contributed by atoms with Gasteiger partial charge in [-0.15, -0.1) is 0 Å². The van der Waals surface area contributed by atoms with Crippen LogP contribution in [0.1, 0.15) is 0 Å². The Balaban J connectivity index is 2.13. The van der Waals surface area contributed by atoms with Gasteiger partial charge in [-0.1, -0.05) is 54.6 Å². The summed E-state index contributed by atoms with van der Waals surface area (Å²) in [5, 5.41) is 11.6. The Labute approximate surface area is 150 Å². The summed E-state index contributed by atoms with van der Waals surface area (Å²) >= 11 is 0. The van der Waals surface area contributed by atoms with Crippen molar-refractivity contribution in [1.82, 2.24) is 9.55 Å².